The Morgan fingerprint density at radius 3 is 2.44 bits per heavy atom. The molecule has 32 heavy (non-hydrogen) atoms. The lowest BCUT2D eigenvalue weighted by Crippen LogP contribution is -2.23. The Morgan fingerprint density at radius 2 is 1.78 bits per heavy atom. The number of carbonyl (C=O) groups is 1. The van der Waals surface area contributed by atoms with E-state index < -0.39 is 11.5 Å². The van der Waals surface area contributed by atoms with Crippen LogP contribution >= 0.6 is 0 Å². The molecule has 2 heterocycles. The predicted octanol–water partition coefficient (Wildman–Crippen LogP) is 3.74. The van der Waals surface area contributed by atoms with Crippen molar-refractivity contribution in [2.75, 3.05) is 19.5 Å². The fourth-order valence-electron chi connectivity index (χ4n) is 3.17. The number of methoxy groups -OCH3 is 2. The molecule has 0 radical (unpaired) electrons. The molecule has 0 aliphatic heterocycles. The van der Waals surface area contributed by atoms with E-state index in [0.29, 0.717) is 23.0 Å². The number of nitrogens with zero attached hydrogens (tertiary/aromatic N) is 3. The number of benzene rings is 2. The molecule has 4 rings (SSSR count). The van der Waals surface area contributed by atoms with Crippen LogP contribution in [0.5, 0.6) is 11.5 Å². The number of amides is 1. The SMILES string of the molecule is COc1ccc(C(=O)Nc2cnc3oc(-c4ccc(C(C)C)cc4)nn3c2=O)cc1OC. The molecule has 2 aromatic carbocycles. The second-order valence-corrected chi connectivity index (χ2v) is 7.38. The summed E-state index contributed by atoms with van der Waals surface area (Å²) in [5.74, 6) is 1.07. The van der Waals surface area contributed by atoms with Crippen LogP contribution in [-0.2, 0) is 0 Å². The Balaban J connectivity index is 1.62. The third-order valence-electron chi connectivity index (χ3n) is 5.01. The van der Waals surface area contributed by atoms with Gasteiger partial charge >= 0.3 is 11.4 Å². The zero-order chi connectivity index (χ0) is 22.8. The maximum absolute atomic E-state index is 12.8. The zero-order valence-electron chi connectivity index (χ0n) is 18.1. The van der Waals surface area contributed by atoms with E-state index in [9.17, 15) is 9.59 Å². The molecule has 0 spiro atoms. The van der Waals surface area contributed by atoms with Gasteiger partial charge in [0.1, 0.15) is 5.69 Å². The van der Waals surface area contributed by atoms with Crippen LogP contribution in [0.2, 0.25) is 0 Å². The van der Waals surface area contributed by atoms with Gasteiger partial charge in [-0.05, 0) is 41.8 Å². The fraction of sp³-hybridized carbons (Fsp3) is 0.217. The van der Waals surface area contributed by atoms with Crippen molar-refractivity contribution < 1.29 is 18.7 Å². The monoisotopic (exact) mass is 434 g/mol. The maximum atomic E-state index is 12.8. The second-order valence-electron chi connectivity index (χ2n) is 7.38. The molecule has 2 aromatic heterocycles. The van der Waals surface area contributed by atoms with Crippen molar-refractivity contribution in [1.29, 1.82) is 0 Å². The van der Waals surface area contributed by atoms with Crippen LogP contribution in [0.25, 0.3) is 17.3 Å². The van der Waals surface area contributed by atoms with Crippen molar-refractivity contribution >= 4 is 17.4 Å². The van der Waals surface area contributed by atoms with Gasteiger partial charge in [-0.2, -0.15) is 0 Å². The summed E-state index contributed by atoms with van der Waals surface area (Å²) in [5, 5.41) is 6.80. The third-order valence-corrected chi connectivity index (χ3v) is 5.01. The van der Waals surface area contributed by atoms with Crippen LogP contribution in [0.3, 0.4) is 0 Å². The lowest BCUT2D eigenvalue weighted by atomic mass is 10.0. The van der Waals surface area contributed by atoms with Crippen LogP contribution in [0.1, 0.15) is 35.7 Å². The number of aromatic nitrogens is 3. The summed E-state index contributed by atoms with van der Waals surface area (Å²) >= 11 is 0. The van der Waals surface area contributed by atoms with Crippen LogP contribution in [0.4, 0.5) is 5.69 Å². The molecule has 164 valence electrons. The summed E-state index contributed by atoms with van der Waals surface area (Å²) in [6.07, 6.45) is 1.24. The quantitative estimate of drug-likeness (QED) is 0.492. The summed E-state index contributed by atoms with van der Waals surface area (Å²) in [4.78, 5) is 29.6. The van der Waals surface area contributed by atoms with Gasteiger partial charge < -0.3 is 19.2 Å². The maximum Gasteiger partial charge on any atom is 0.328 e. The number of ether oxygens (including phenoxy) is 2. The highest BCUT2D eigenvalue weighted by molar-refractivity contribution is 6.04. The first kappa shape index (κ1) is 21.1. The van der Waals surface area contributed by atoms with Gasteiger partial charge in [-0.3, -0.25) is 9.59 Å². The standard InChI is InChI=1S/C23H22N4O5/c1-13(2)14-5-7-15(8-6-14)21-26-27-22(29)17(12-24-23(27)32-21)25-20(28)16-9-10-18(30-3)19(11-16)31-4/h5-13H,1-4H3,(H,25,28). The van der Waals surface area contributed by atoms with Crippen molar-refractivity contribution in [3.05, 3.63) is 70.1 Å². The molecule has 0 unspecified atom stereocenters. The highest BCUT2D eigenvalue weighted by atomic mass is 16.5. The Labute approximate surface area is 183 Å². The topological polar surface area (TPSA) is 108 Å². The van der Waals surface area contributed by atoms with E-state index in [1.54, 1.807) is 12.1 Å². The molecular formula is C23H22N4O5. The van der Waals surface area contributed by atoms with Crippen molar-refractivity contribution in [3.63, 3.8) is 0 Å². The summed E-state index contributed by atoms with van der Waals surface area (Å²) < 4.78 is 17.0. The summed E-state index contributed by atoms with van der Waals surface area (Å²) in [5.41, 5.74) is 1.60. The minimum atomic E-state index is -0.558. The molecule has 0 aliphatic rings. The minimum Gasteiger partial charge on any atom is -0.493 e. The van der Waals surface area contributed by atoms with Gasteiger partial charge in [0.05, 0.1) is 20.4 Å². The van der Waals surface area contributed by atoms with Crippen molar-refractivity contribution in [3.8, 4) is 23.0 Å². The van der Waals surface area contributed by atoms with E-state index in [1.807, 2.05) is 24.3 Å². The van der Waals surface area contributed by atoms with E-state index in [2.05, 4.69) is 29.2 Å². The average molecular weight is 434 g/mol. The first-order valence-electron chi connectivity index (χ1n) is 9.94. The minimum absolute atomic E-state index is 0.0297. The smallest absolute Gasteiger partial charge is 0.328 e. The molecule has 1 N–H and O–H groups in total. The third kappa shape index (κ3) is 3.92. The Hall–Kier alpha value is -4.14. The number of nitrogens with one attached hydrogen (secondary N) is 1. The van der Waals surface area contributed by atoms with Crippen LogP contribution < -0.4 is 20.3 Å². The first-order chi connectivity index (χ1) is 15.4. The first-order valence-corrected chi connectivity index (χ1v) is 9.94. The largest absolute Gasteiger partial charge is 0.493 e. The van der Waals surface area contributed by atoms with Crippen LogP contribution in [0, 0.1) is 0 Å². The van der Waals surface area contributed by atoms with Crippen LogP contribution in [0.15, 0.2) is 57.9 Å². The fourth-order valence-corrected chi connectivity index (χ4v) is 3.17. The van der Waals surface area contributed by atoms with Crippen molar-refractivity contribution in [1.82, 2.24) is 14.6 Å². The molecule has 0 saturated heterocycles. The van der Waals surface area contributed by atoms with Gasteiger partial charge in [-0.25, -0.2) is 4.98 Å². The number of rotatable bonds is 6. The van der Waals surface area contributed by atoms with E-state index >= 15 is 0 Å². The molecule has 9 heteroatoms. The summed E-state index contributed by atoms with van der Waals surface area (Å²) in [6, 6.07) is 12.4. The predicted molar refractivity (Wildman–Crippen MR) is 119 cm³/mol. The lowest BCUT2D eigenvalue weighted by molar-refractivity contribution is 0.102. The lowest BCUT2D eigenvalue weighted by Gasteiger charge is -2.09. The average Bonchev–Trinajstić information content (AvgIpc) is 3.25. The van der Waals surface area contributed by atoms with Gasteiger partial charge in [0, 0.05) is 11.1 Å². The number of carbonyl (C=O) groups excluding carboxylic acids is 1. The van der Waals surface area contributed by atoms with Gasteiger partial charge in [0.2, 0.25) is 5.89 Å². The Kier molecular flexibility index (Phi) is 5.63. The van der Waals surface area contributed by atoms with Crippen molar-refractivity contribution in [2.45, 2.75) is 19.8 Å². The van der Waals surface area contributed by atoms with Crippen molar-refractivity contribution in [2.24, 2.45) is 0 Å². The van der Waals surface area contributed by atoms with Gasteiger partial charge in [0.25, 0.3) is 5.91 Å². The molecule has 0 aliphatic carbocycles. The number of anilines is 1. The van der Waals surface area contributed by atoms with Crippen LogP contribution in [-0.4, -0.2) is 34.7 Å². The molecule has 0 fully saturated rings. The molecular weight excluding hydrogens is 412 g/mol. The van der Waals surface area contributed by atoms with Gasteiger partial charge in [0.15, 0.2) is 11.5 Å². The molecule has 4 aromatic rings. The van der Waals surface area contributed by atoms with E-state index in [4.69, 9.17) is 13.9 Å². The Bertz CT molecular complexity index is 1340. The molecule has 1 amide bonds. The highest BCUT2D eigenvalue weighted by Gasteiger charge is 2.17. The molecule has 9 nitrogen and oxygen atoms in total. The normalized spacial score (nSPS) is 11.0. The summed E-state index contributed by atoms with van der Waals surface area (Å²) in [7, 11) is 2.98. The zero-order valence-corrected chi connectivity index (χ0v) is 18.1. The van der Waals surface area contributed by atoms with E-state index in [0.717, 1.165) is 10.1 Å². The number of hydrogen-bond donors (Lipinski definition) is 1. The van der Waals surface area contributed by atoms with E-state index in [1.165, 1.54) is 32.0 Å². The highest BCUT2D eigenvalue weighted by Crippen LogP contribution is 2.28. The van der Waals surface area contributed by atoms with Gasteiger partial charge in [-0.1, -0.05) is 26.0 Å². The number of hydrogen-bond acceptors (Lipinski definition) is 7. The Morgan fingerprint density at radius 1 is 1.06 bits per heavy atom. The second kappa shape index (κ2) is 8.54. The summed E-state index contributed by atoms with van der Waals surface area (Å²) in [6.45, 7) is 4.21. The van der Waals surface area contributed by atoms with Gasteiger partial charge in [-0.15, -0.1) is 9.61 Å². The molecule has 0 saturated carbocycles. The van der Waals surface area contributed by atoms with E-state index in [-0.39, 0.29) is 17.4 Å². The molecule has 0 bridgehead atoms. The molecule has 0 atom stereocenters. The number of fused-ring (bicyclic) bond motifs is 1.